The lowest BCUT2D eigenvalue weighted by molar-refractivity contribution is 0.531. The van der Waals surface area contributed by atoms with Gasteiger partial charge in [-0.05, 0) is 49.3 Å². The molecule has 1 fully saturated rings. The average Bonchev–Trinajstić information content (AvgIpc) is 3.28. The minimum atomic E-state index is -3.07. The number of hydrogen-bond acceptors (Lipinski definition) is 4. The predicted octanol–water partition coefficient (Wildman–Crippen LogP) is 4.94. The maximum Gasteiger partial charge on any atom is 0.190 e. The van der Waals surface area contributed by atoms with Gasteiger partial charge in [0.25, 0.3) is 0 Å². The summed E-state index contributed by atoms with van der Waals surface area (Å²) in [6.07, 6.45) is 8.50. The molecule has 3 aromatic rings. The summed E-state index contributed by atoms with van der Waals surface area (Å²) in [5.41, 5.74) is 10.3. The van der Waals surface area contributed by atoms with Crippen LogP contribution in [0.5, 0.6) is 0 Å². The molecule has 0 bridgehead atoms. The van der Waals surface area contributed by atoms with Crippen LogP contribution in [-0.4, -0.2) is 29.5 Å². The highest BCUT2D eigenvalue weighted by Gasteiger charge is 2.33. The first-order valence-electron chi connectivity index (χ1n) is 9.31. The summed E-state index contributed by atoms with van der Waals surface area (Å²) in [7, 11) is -3.07. The van der Waals surface area contributed by atoms with Gasteiger partial charge in [0.2, 0.25) is 0 Å². The number of aryl methyl sites for hydroxylation is 1. The number of sulfone groups is 1. The van der Waals surface area contributed by atoms with E-state index in [0.717, 1.165) is 28.5 Å². The van der Waals surface area contributed by atoms with Gasteiger partial charge in [0, 0.05) is 41.3 Å². The van der Waals surface area contributed by atoms with Crippen molar-refractivity contribution in [3.63, 3.8) is 0 Å². The van der Waals surface area contributed by atoms with Crippen molar-refractivity contribution in [1.29, 1.82) is 0 Å². The zero-order chi connectivity index (χ0) is 20.9. The highest BCUT2D eigenvalue weighted by Crippen LogP contribution is 2.43. The molecule has 0 unspecified atom stereocenters. The van der Waals surface area contributed by atoms with E-state index >= 15 is 0 Å². The molecule has 0 aliphatic heterocycles. The highest BCUT2D eigenvalue weighted by atomic mass is 35.5. The van der Waals surface area contributed by atoms with Crippen molar-refractivity contribution < 1.29 is 8.42 Å². The summed E-state index contributed by atoms with van der Waals surface area (Å²) in [5, 5.41) is 0.984. The fourth-order valence-electron chi connectivity index (χ4n) is 4.23. The monoisotopic (exact) mass is 428 g/mol. The Bertz CT molecular complexity index is 1270. The zero-order valence-corrected chi connectivity index (χ0v) is 17.8. The maximum atomic E-state index is 12.0. The van der Waals surface area contributed by atoms with E-state index in [2.05, 4.69) is 14.4 Å². The Morgan fingerprint density at radius 2 is 2.03 bits per heavy atom. The van der Waals surface area contributed by atoms with E-state index in [9.17, 15) is 8.42 Å². The SMILES string of the molecule is [C-]#[N+]c1cc2c(-c3cncc(N)c3Cl)cn([C@@H]3CC[C@@H](S(C)(=O)=O)C3)c2cc1C. The van der Waals surface area contributed by atoms with E-state index in [-0.39, 0.29) is 11.3 Å². The van der Waals surface area contributed by atoms with Crippen LogP contribution in [0.3, 0.4) is 0 Å². The minimum Gasteiger partial charge on any atom is -0.396 e. The number of pyridine rings is 1. The largest absolute Gasteiger partial charge is 0.396 e. The van der Waals surface area contributed by atoms with E-state index in [1.165, 1.54) is 12.5 Å². The number of hydrogen-bond donors (Lipinski definition) is 1. The lowest BCUT2D eigenvalue weighted by atomic mass is 10.0. The molecular formula is C21H21ClN4O2S. The van der Waals surface area contributed by atoms with Gasteiger partial charge in [-0.15, -0.1) is 0 Å². The molecule has 0 saturated heterocycles. The van der Waals surface area contributed by atoms with Crippen LogP contribution >= 0.6 is 11.6 Å². The second-order valence-electron chi connectivity index (χ2n) is 7.73. The van der Waals surface area contributed by atoms with Gasteiger partial charge < -0.3 is 10.3 Å². The molecular weight excluding hydrogens is 408 g/mol. The van der Waals surface area contributed by atoms with E-state index in [0.29, 0.717) is 34.8 Å². The van der Waals surface area contributed by atoms with Crippen LogP contribution in [0.2, 0.25) is 5.02 Å². The molecule has 0 radical (unpaired) electrons. The standard InChI is InChI=1S/C21H21ClN4O2S/c1-12-6-20-15(8-19(12)24-2)17(16-9-25-10-18(23)21(16)22)11-26(20)13-4-5-14(7-13)29(3,27)28/h6,8-11,13-14H,4-5,7,23H2,1,3H3/t13-,14-/m1/s1. The fraction of sp³-hybridized carbons (Fsp3) is 0.333. The Kier molecular flexibility index (Phi) is 4.80. The first kappa shape index (κ1) is 19.7. The van der Waals surface area contributed by atoms with Crippen LogP contribution in [0, 0.1) is 13.5 Å². The topological polar surface area (TPSA) is 82.3 Å². The van der Waals surface area contributed by atoms with E-state index in [4.69, 9.17) is 23.9 Å². The Balaban J connectivity index is 1.94. The Morgan fingerprint density at radius 1 is 1.28 bits per heavy atom. The Morgan fingerprint density at radius 3 is 2.69 bits per heavy atom. The lowest BCUT2D eigenvalue weighted by Gasteiger charge is -2.15. The highest BCUT2D eigenvalue weighted by molar-refractivity contribution is 7.91. The molecule has 1 aliphatic rings. The minimum absolute atomic E-state index is 0.0666. The number of nitrogens with zero attached hydrogens (tertiary/aromatic N) is 3. The molecule has 1 aliphatic carbocycles. The van der Waals surface area contributed by atoms with Crippen molar-refractivity contribution in [2.45, 2.75) is 37.5 Å². The number of nitrogen functional groups attached to an aromatic ring is 1. The van der Waals surface area contributed by atoms with Gasteiger partial charge in [-0.2, -0.15) is 0 Å². The number of rotatable bonds is 3. The molecule has 6 nitrogen and oxygen atoms in total. The van der Waals surface area contributed by atoms with Crippen LogP contribution < -0.4 is 5.73 Å². The molecule has 2 heterocycles. The molecule has 1 aromatic carbocycles. The third-order valence-electron chi connectivity index (χ3n) is 5.82. The van der Waals surface area contributed by atoms with Crippen molar-refractivity contribution in [2.75, 3.05) is 12.0 Å². The van der Waals surface area contributed by atoms with E-state index in [1.807, 2.05) is 25.3 Å². The maximum absolute atomic E-state index is 12.0. The molecule has 2 atom stereocenters. The molecule has 1 saturated carbocycles. The van der Waals surface area contributed by atoms with Crippen LogP contribution in [0.1, 0.15) is 30.9 Å². The first-order chi connectivity index (χ1) is 13.7. The number of fused-ring (bicyclic) bond motifs is 1. The van der Waals surface area contributed by atoms with Gasteiger partial charge >= 0.3 is 0 Å². The molecule has 0 amide bonds. The van der Waals surface area contributed by atoms with Gasteiger partial charge in [0.05, 0.1) is 28.7 Å². The van der Waals surface area contributed by atoms with Gasteiger partial charge in [-0.1, -0.05) is 11.6 Å². The quantitative estimate of drug-likeness (QED) is 0.599. The smallest absolute Gasteiger partial charge is 0.190 e. The van der Waals surface area contributed by atoms with Gasteiger partial charge in [-0.3, -0.25) is 4.98 Å². The molecule has 150 valence electrons. The number of nitrogens with two attached hydrogens (primary N) is 1. The Labute approximate surface area is 175 Å². The summed E-state index contributed by atoms with van der Waals surface area (Å²) in [6.45, 7) is 9.38. The molecule has 8 heteroatoms. The van der Waals surface area contributed by atoms with Crippen molar-refractivity contribution in [3.8, 4) is 11.1 Å². The number of aromatic nitrogens is 2. The van der Waals surface area contributed by atoms with E-state index < -0.39 is 9.84 Å². The second kappa shape index (κ2) is 7.05. The Hall–Kier alpha value is -2.56. The van der Waals surface area contributed by atoms with Crippen molar-refractivity contribution in [1.82, 2.24) is 9.55 Å². The summed E-state index contributed by atoms with van der Waals surface area (Å²) in [6, 6.07) is 3.93. The lowest BCUT2D eigenvalue weighted by Crippen LogP contribution is -2.16. The summed E-state index contributed by atoms with van der Waals surface area (Å²) in [5.74, 6) is 0. The summed E-state index contributed by atoms with van der Waals surface area (Å²) >= 11 is 6.47. The number of halogens is 1. The molecule has 0 spiro atoms. The first-order valence-corrected chi connectivity index (χ1v) is 11.6. The van der Waals surface area contributed by atoms with Crippen LogP contribution in [0.4, 0.5) is 11.4 Å². The molecule has 4 rings (SSSR count). The van der Waals surface area contributed by atoms with Gasteiger partial charge in [-0.25, -0.2) is 13.3 Å². The van der Waals surface area contributed by atoms with Crippen molar-refractivity contribution >= 4 is 43.7 Å². The van der Waals surface area contributed by atoms with E-state index in [1.54, 1.807) is 6.20 Å². The molecule has 2 aromatic heterocycles. The molecule has 2 N–H and O–H groups in total. The van der Waals surface area contributed by atoms with Crippen molar-refractivity contribution in [3.05, 3.63) is 52.7 Å². The third-order valence-corrected chi connectivity index (χ3v) is 7.89. The van der Waals surface area contributed by atoms with Crippen LogP contribution in [0.25, 0.3) is 26.9 Å². The number of benzene rings is 1. The normalized spacial score (nSPS) is 19.5. The number of anilines is 1. The molecule has 29 heavy (non-hydrogen) atoms. The fourth-order valence-corrected chi connectivity index (χ4v) is 5.57. The third kappa shape index (κ3) is 3.37. The van der Waals surface area contributed by atoms with Crippen molar-refractivity contribution in [2.24, 2.45) is 0 Å². The summed E-state index contributed by atoms with van der Waals surface area (Å²) < 4.78 is 26.2. The second-order valence-corrected chi connectivity index (χ2v) is 10.4. The summed E-state index contributed by atoms with van der Waals surface area (Å²) in [4.78, 5) is 7.82. The van der Waals surface area contributed by atoms with Crippen LogP contribution in [0.15, 0.2) is 30.7 Å². The van der Waals surface area contributed by atoms with Crippen LogP contribution in [-0.2, 0) is 9.84 Å². The zero-order valence-electron chi connectivity index (χ0n) is 16.2. The average molecular weight is 429 g/mol. The van der Waals surface area contributed by atoms with Gasteiger partial charge in [0.1, 0.15) is 9.84 Å². The predicted molar refractivity (Wildman–Crippen MR) is 117 cm³/mol. The van der Waals surface area contributed by atoms with Gasteiger partial charge in [0.15, 0.2) is 5.69 Å².